The van der Waals surface area contributed by atoms with Gasteiger partial charge in [-0.05, 0) is 88.8 Å². The predicted octanol–water partition coefficient (Wildman–Crippen LogP) is 7.25. The Balaban J connectivity index is 1.48. The molecule has 3 aromatic rings. The number of carbonyl (C=O) groups excluding carboxylic acids is 8. The molecule has 74 heavy (non-hydrogen) atoms. The number of Topliss-reactive ketones (excluding diaryl/α,β-unsaturated/α-hetero) is 4. The highest BCUT2D eigenvalue weighted by Gasteiger charge is 2.44. The van der Waals surface area contributed by atoms with Gasteiger partial charge in [-0.2, -0.15) is 0 Å². The van der Waals surface area contributed by atoms with Crippen molar-refractivity contribution < 1.29 is 43.1 Å². The number of benzene rings is 3. The Hall–Kier alpha value is -4.73. The van der Waals surface area contributed by atoms with Gasteiger partial charge in [-0.3, -0.25) is 33.6 Å². The summed E-state index contributed by atoms with van der Waals surface area (Å²) in [5.74, 6) is -3.51. The quantitative estimate of drug-likeness (QED) is 0.0163. The molecule has 17 heteroatoms. The summed E-state index contributed by atoms with van der Waals surface area (Å²) in [5, 5.41) is 12.3. The maximum absolute atomic E-state index is 13.3. The number of nitrogens with one attached hydrogen (secondary N) is 3. The van der Waals surface area contributed by atoms with E-state index in [1.165, 1.54) is 50.8 Å². The number of amides is 3. The Kier molecular flexibility index (Phi) is 31.9. The van der Waals surface area contributed by atoms with E-state index < -0.39 is 49.1 Å². The summed E-state index contributed by atoms with van der Waals surface area (Å²) in [6.07, 6.45) is 11.2. The van der Waals surface area contributed by atoms with Crippen LogP contribution in [0.4, 0.5) is 0 Å². The van der Waals surface area contributed by atoms with E-state index in [0.29, 0.717) is 13.0 Å². The second-order valence-electron chi connectivity index (χ2n) is 18.8. The number of unbranched alkanes of at least 4 members (excludes halogenated alkanes) is 8. The van der Waals surface area contributed by atoms with Gasteiger partial charge in [0.05, 0.1) is 36.8 Å². The van der Waals surface area contributed by atoms with Crippen LogP contribution in [0.5, 0.6) is 0 Å². The van der Waals surface area contributed by atoms with Crippen LogP contribution in [0.15, 0.2) is 91.0 Å². The van der Waals surface area contributed by atoms with Gasteiger partial charge in [0.2, 0.25) is 17.7 Å². The van der Waals surface area contributed by atoms with Crippen molar-refractivity contribution in [1.82, 2.24) is 16.0 Å². The summed E-state index contributed by atoms with van der Waals surface area (Å²) in [7, 11) is 0.518. The molecule has 0 heterocycles. The standard InChI is InChI=1S/C57H82N5O9PS2/c1-4-6-7-8-9-21-30-52(65)49(58)33-32-45(64)39-44(56(69)61-40-55(68)71-5-2)41-73-74-42-51(53(66)35-31-43(3)63)62-54(67)36-34-50(59)57(70)60-37-22-10-11-23-38-72(46-24-15-12-16-25-46,47-26-17-13-18-27-47)48-28-19-14-20-29-48/h12-20,24-29,44,49-51H,4-11,21-23,30-42,58-59H2,1-3H3,(H2-,60,61,62,67,69,70)/p+1/t44-,49-,50-,51-/m0/s1. The first kappa shape index (κ1) is 63.6. The molecule has 0 saturated carbocycles. The number of rotatable bonds is 41. The van der Waals surface area contributed by atoms with Gasteiger partial charge < -0.3 is 36.9 Å². The molecule has 0 spiro atoms. The molecule has 0 fully saturated rings. The van der Waals surface area contributed by atoms with Gasteiger partial charge in [0.1, 0.15) is 47.1 Å². The Morgan fingerprint density at radius 1 is 0.581 bits per heavy atom. The molecule has 0 bridgehead atoms. The lowest BCUT2D eigenvalue weighted by Gasteiger charge is -2.27. The van der Waals surface area contributed by atoms with Crippen LogP contribution >= 0.6 is 28.9 Å². The fraction of sp³-hybridized carbons (Fsp3) is 0.544. The van der Waals surface area contributed by atoms with E-state index in [9.17, 15) is 38.4 Å². The smallest absolute Gasteiger partial charge is 0.325 e. The summed E-state index contributed by atoms with van der Waals surface area (Å²) in [4.78, 5) is 102. The zero-order chi connectivity index (χ0) is 54.0. The minimum absolute atomic E-state index is 0.00437. The second-order valence-corrected chi connectivity index (χ2v) is 25.0. The van der Waals surface area contributed by atoms with E-state index in [-0.39, 0.29) is 98.6 Å². The van der Waals surface area contributed by atoms with Crippen LogP contribution < -0.4 is 43.3 Å². The van der Waals surface area contributed by atoms with Crippen LogP contribution in [0.2, 0.25) is 0 Å². The zero-order valence-corrected chi connectivity index (χ0v) is 46.6. The van der Waals surface area contributed by atoms with Crippen molar-refractivity contribution in [1.29, 1.82) is 0 Å². The molecule has 0 unspecified atom stereocenters. The molecule has 0 radical (unpaired) electrons. The summed E-state index contributed by atoms with van der Waals surface area (Å²) in [6, 6.07) is 29.7. The molecule has 0 aliphatic rings. The summed E-state index contributed by atoms with van der Waals surface area (Å²) >= 11 is 0. The van der Waals surface area contributed by atoms with E-state index in [1.807, 2.05) is 0 Å². The van der Waals surface area contributed by atoms with Gasteiger partial charge in [0, 0.05) is 56.6 Å². The van der Waals surface area contributed by atoms with E-state index in [1.54, 1.807) is 6.92 Å². The van der Waals surface area contributed by atoms with Gasteiger partial charge in [-0.15, -0.1) is 0 Å². The minimum atomic E-state index is -1.91. The fourth-order valence-electron chi connectivity index (χ4n) is 8.53. The Morgan fingerprint density at radius 3 is 1.73 bits per heavy atom. The highest BCUT2D eigenvalue weighted by molar-refractivity contribution is 8.76. The topological polar surface area (TPSA) is 234 Å². The van der Waals surface area contributed by atoms with Crippen molar-refractivity contribution in [3.05, 3.63) is 91.0 Å². The highest BCUT2D eigenvalue weighted by atomic mass is 33.1. The van der Waals surface area contributed by atoms with Crippen LogP contribution in [0, 0.1) is 5.92 Å². The second kappa shape index (κ2) is 37.1. The molecule has 406 valence electrons. The van der Waals surface area contributed by atoms with Crippen LogP contribution in [0.3, 0.4) is 0 Å². The molecule has 3 amide bonds. The molecule has 3 rings (SSSR count). The molecule has 0 aliphatic heterocycles. The normalized spacial score (nSPS) is 12.9. The van der Waals surface area contributed by atoms with Crippen molar-refractivity contribution in [3.63, 3.8) is 0 Å². The van der Waals surface area contributed by atoms with Crippen molar-refractivity contribution >= 4 is 91.6 Å². The third kappa shape index (κ3) is 24.3. The fourth-order valence-corrected chi connectivity index (χ4v) is 15.5. The van der Waals surface area contributed by atoms with E-state index in [0.717, 1.165) is 63.9 Å². The van der Waals surface area contributed by atoms with Gasteiger partial charge in [0.25, 0.3) is 0 Å². The van der Waals surface area contributed by atoms with Crippen molar-refractivity contribution in [2.45, 2.75) is 154 Å². The summed E-state index contributed by atoms with van der Waals surface area (Å²) in [6.45, 7) is 5.38. The molecule has 0 aromatic heterocycles. The van der Waals surface area contributed by atoms with Crippen LogP contribution in [-0.4, -0.2) is 102 Å². The first-order chi connectivity index (χ1) is 35.7. The van der Waals surface area contributed by atoms with Crippen molar-refractivity contribution in [2.24, 2.45) is 17.4 Å². The molecule has 0 aliphatic carbocycles. The average molecular weight is 1080 g/mol. The third-order valence-electron chi connectivity index (χ3n) is 12.8. The Labute approximate surface area is 448 Å². The maximum atomic E-state index is 13.3. The molecule has 3 aromatic carbocycles. The minimum Gasteiger partial charge on any atom is -0.465 e. The molecule has 4 atom stereocenters. The SMILES string of the molecule is CCCCCCCCC(=O)[C@@H](N)CCC(=O)C[C@@H](CSSC[C@H](NC(=O)CC[C@H](N)C(=O)NCCCCCC[P+](c1ccccc1)(c1ccccc1)c1ccccc1)C(=O)CCC(C)=O)C(=O)NCC(=O)OCC. The number of ether oxygens (including phenoxy) is 1. The molecular weight excluding hydrogens is 994 g/mol. The number of nitrogens with two attached hydrogens (primary N) is 2. The van der Waals surface area contributed by atoms with Crippen LogP contribution in [0.25, 0.3) is 0 Å². The number of esters is 1. The van der Waals surface area contributed by atoms with Gasteiger partial charge in [-0.25, -0.2) is 0 Å². The highest BCUT2D eigenvalue weighted by Crippen LogP contribution is 2.56. The van der Waals surface area contributed by atoms with Crippen LogP contribution in [0.1, 0.15) is 136 Å². The average Bonchev–Trinajstić information content (AvgIpc) is 3.41. The molecule has 14 nitrogen and oxygen atoms in total. The van der Waals surface area contributed by atoms with Crippen molar-refractivity contribution in [2.75, 3.05) is 37.4 Å². The summed E-state index contributed by atoms with van der Waals surface area (Å²) in [5.41, 5.74) is 12.4. The molecule has 0 saturated heterocycles. The van der Waals surface area contributed by atoms with Crippen molar-refractivity contribution in [3.8, 4) is 0 Å². The van der Waals surface area contributed by atoms with Gasteiger partial charge in [0.15, 0.2) is 5.78 Å². The number of ketones is 4. The Morgan fingerprint density at radius 2 is 1.14 bits per heavy atom. The van der Waals surface area contributed by atoms with Gasteiger partial charge >= 0.3 is 5.97 Å². The third-order valence-corrected chi connectivity index (χ3v) is 19.9. The first-order valence-electron chi connectivity index (χ1n) is 26.6. The van der Waals surface area contributed by atoms with Gasteiger partial charge in [-0.1, -0.05) is 122 Å². The lowest BCUT2D eigenvalue weighted by atomic mass is 9.96. The summed E-state index contributed by atoms with van der Waals surface area (Å²) < 4.78 is 4.93. The number of hydrogen-bond donors (Lipinski definition) is 5. The van der Waals surface area contributed by atoms with E-state index >= 15 is 0 Å². The largest absolute Gasteiger partial charge is 0.465 e. The van der Waals surface area contributed by atoms with Crippen LogP contribution in [-0.2, 0) is 43.1 Å². The Bertz CT molecular complexity index is 2080. The molecule has 7 N–H and O–H groups in total. The lowest BCUT2D eigenvalue weighted by molar-refractivity contribution is -0.143. The number of hydrogen-bond acceptors (Lipinski definition) is 13. The lowest BCUT2D eigenvalue weighted by Crippen LogP contribution is -2.44. The van der Waals surface area contributed by atoms with E-state index in [2.05, 4.69) is 114 Å². The molecular formula is C57H83N5O9PS2+. The monoisotopic (exact) mass is 1080 g/mol. The van der Waals surface area contributed by atoms with E-state index in [4.69, 9.17) is 16.2 Å². The zero-order valence-electron chi connectivity index (χ0n) is 44.0. The number of carbonyl (C=O) groups is 8. The first-order valence-corrected chi connectivity index (χ1v) is 31.0. The maximum Gasteiger partial charge on any atom is 0.325 e. The predicted molar refractivity (Wildman–Crippen MR) is 303 cm³/mol.